The molecule has 2 heterocycles. The lowest BCUT2D eigenvalue weighted by atomic mass is 9.72. The van der Waals surface area contributed by atoms with Crippen molar-refractivity contribution in [2.75, 3.05) is 5.32 Å². The summed E-state index contributed by atoms with van der Waals surface area (Å²) in [6.45, 7) is 7.15. The Kier molecular flexibility index (Phi) is 7.53. The minimum Gasteiger partial charge on any atom is -0.479 e. The van der Waals surface area contributed by atoms with Gasteiger partial charge in [-0.3, -0.25) is 9.69 Å². The summed E-state index contributed by atoms with van der Waals surface area (Å²) in [6, 6.07) is 20.3. The van der Waals surface area contributed by atoms with Crippen LogP contribution in [0.25, 0.3) is 0 Å². The fourth-order valence-electron chi connectivity index (χ4n) is 6.07. The highest BCUT2D eigenvalue weighted by Crippen LogP contribution is 2.57. The molecule has 6 nitrogen and oxygen atoms in total. The number of Topliss-reactive ketones (excluding diaryl/α,β-unsaturated/α-hetero) is 1. The molecule has 1 aliphatic rings. The number of amides is 2. The molecule has 4 atom stereocenters. The lowest BCUT2D eigenvalue weighted by Gasteiger charge is -2.37. The molecule has 0 radical (unpaired) electrons. The Morgan fingerprint density at radius 1 is 0.927 bits per heavy atom. The number of benzene rings is 3. The maximum atomic E-state index is 14.5. The van der Waals surface area contributed by atoms with Gasteiger partial charge in [0.2, 0.25) is 0 Å². The smallest absolute Gasteiger partial charge is 0.330 e. The number of urea groups is 1. The molecule has 3 aromatic carbocycles. The summed E-state index contributed by atoms with van der Waals surface area (Å²) in [5.41, 5.74) is 2.19. The molecule has 8 heteroatoms. The molecular formula is C33H31FN2O4S. The molecule has 0 bridgehead atoms. The Morgan fingerprint density at radius 3 is 2.17 bits per heavy atom. The van der Waals surface area contributed by atoms with Gasteiger partial charge in [-0.2, -0.15) is 0 Å². The number of aliphatic carboxylic acids is 1. The van der Waals surface area contributed by atoms with Crippen LogP contribution in [-0.4, -0.2) is 33.3 Å². The number of nitrogens with one attached hydrogen (secondary N) is 1. The Hall–Kier alpha value is -4.30. The molecule has 4 aromatic rings. The normalized spacial score (nSPS) is 22.0. The molecular weight excluding hydrogens is 539 g/mol. The lowest BCUT2D eigenvalue weighted by Crippen LogP contribution is -2.55. The zero-order valence-corrected chi connectivity index (χ0v) is 24.0. The molecule has 0 saturated carbocycles. The van der Waals surface area contributed by atoms with Crippen LogP contribution in [0, 0.1) is 32.5 Å². The van der Waals surface area contributed by atoms with Crippen molar-refractivity contribution < 1.29 is 23.9 Å². The van der Waals surface area contributed by atoms with Gasteiger partial charge in [-0.25, -0.2) is 14.0 Å². The SMILES string of the molecule is Cc1cccc(NC(=O)N2C(c3sccc3C)C(C(=O)c3cccc(C)c3)C(c3ccc(F)cc3)C2(C)C(=O)O)c1. The van der Waals surface area contributed by atoms with E-state index in [0.29, 0.717) is 16.8 Å². The third-order valence-corrected chi connectivity index (χ3v) is 9.10. The highest BCUT2D eigenvalue weighted by molar-refractivity contribution is 7.10. The van der Waals surface area contributed by atoms with Gasteiger partial charge in [0.05, 0.1) is 12.0 Å². The first-order chi connectivity index (χ1) is 19.5. The molecule has 1 fully saturated rings. The van der Waals surface area contributed by atoms with Crippen molar-refractivity contribution in [1.82, 2.24) is 4.90 Å². The summed E-state index contributed by atoms with van der Waals surface area (Å²) in [5, 5.41) is 15.7. The van der Waals surface area contributed by atoms with E-state index in [2.05, 4.69) is 5.32 Å². The van der Waals surface area contributed by atoms with Gasteiger partial charge in [0.25, 0.3) is 0 Å². The van der Waals surface area contributed by atoms with E-state index >= 15 is 0 Å². The average molecular weight is 571 g/mol. The number of likely N-dealkylation sites (tertiary alicyclic amines) is 1. The molecule has 4 unspecified atom stereocenters. The van der Waals surface area contributed by atoms with Crippen LogP contribution >= 0.6 is 11.3 Å². The van der Waals surface area contributed by atoms with Crippen LogP contribution in [0.15, 0.2) is 84.2 Å². The maximum Gasteiger partial charge on any atom is 0.330 e. The molecule has 41 heavy (non-hydrogen) atoms. The number of hydrogen-bond donors (Lipinski definition) is 2. The summed E-state index contributed by atoms with van der Waals surface area (Å²) in [5.74, 6) is -3.97. The fraction of sp³-hybridized carbons (Fsp3) is 0.242. The maximum absolute atomic E-state index is 14.5. The van der Waals surface area contributed by atoms with E-state index in [-0.39, 0.29) is 5.78 Å². The number of ketones is 1. The number of anilines is 1. The number of carbonyl (C=O) groups excluding carboxylic acids is 2. The van der Waals surface area contributed by atoms with Crippen molar-refractivity contribution in [2.45, 2.75) is 45.2 Å². The molecule has 2 amide bonds. The molecule has 210 valence electrons. The van der Waals surface area contributed by atoms with Crippen molar-refractivity contribution in [3.05, 3.63) is 123 Å². The number of hydrogen-bond acceptors (Lipinski definition) is 4. The van der Waals surface area contributed by atoms with Crippen LogP contribution in [0.1, 0.15) is 56.4 Å². The Labute approximate surface area is 242 Å². The van der Waals surface area contributed by atoms with Gasteiger partial charge in [0, 0.05) is 22.0 Å². The van der Waals surface area contributed by atoms with Gasteiger partial charge >= 0.3 is 12.0 Å². The van der Waals surface area contributed by atoms with Gasteiger partial charge in [-0.15, -0.1) is 11.3 Å². The van der Waals surface area contributed by atoms with E-state index in [0.717, 1.165) is 21.6 Å². The second-order valence-corrected chi connectivity index (χ2v) is 11.8. The van der Waals surface area contributed by atoms with Gasteiger partial charge in [-0.1, -0.05) is 48.0 Å². The molecule has 2 N–H and O–H groups in total. The second-order valence-electron chi connectivity index (χ2n) is 10.8. The molecule has 1 aromatic heterocycles. The summed E-state index contributed by atoms with van der Waals surface area (Å²) >= 11 is 1.38. The Bertz CT molecular complexity index is 1630. The van der Waals surface area contributed by atoms with E-state index in [1.54, 1.807) is 36.4 Å². The number of aryl methyl sites for hydroxylation is 3. The average Bonchev–Trinajstić information content (AvgIpc) is 3.47. The standard InChI is InChI=1S/C33H31FN2O4S/c1-19-7-5-9-23(17-19)29(37)26-27(22-11-13-24(34)14-12-22)33(4,31(38)39)36(28(26)30-21(3)15-16-41-30)32(40)35-25-10-6-8-20(2)18-25/h5-18,26-28H,1-4H3,(H,35,40)(H,38,39). The number of rotatable bonds is 6. The zero-order chi connectivity index (χ0) is 29.5. The third kappa shape index (κ3) is 5.04. The van der Waals surface area contributed by atoms with Crippen molar-refractivity contribution in [3.8, 4) is 0 Å². The highest BCUT2D eigenvalue weighted by atomic mass is 32.1. The molecule has 0 spiro atoms. The van der Waals surface area contributed by atoms with E-state index < -0.39 is 41.2 Å². The second kappa shape index (κ2) is 10.9. The Morgan fingerprint density at radius 2 is 1.59 bits per heavy atom. The summed E-state index contributed by atoms with van der Waals surface area (Å²) < 4.78 is 14.1. The minimum absolute atomic E-state index is 0.279. The topological polar surface area (TPSA) is 86.7 Å². The predicted molar refractivity (Wildman–Crippen MR) is 158 cm³/mol. The minimum atomic E-state index is -1.86. The van der Waals surface area contributed by atoms with Gasteiger partial charge in [0.15, 0.2) is 5.78 Å². The number of carboxylic acid groups (broad SMARTS) is 1. The summed E-state index contributed by atoms with van der Waals surface area (Å²) in [4.78, 5) is 44.2. The van der Waals surface area contributed by atoms with Gasteiger partial charge in [-0.05, 0) is 86.2 Å². The largest absolute Gasteiger partial charge is 0.479 e. The fourth-order valence-corrected chi connectivity index (χ4v) is 7.13. The quantitative estimate of drug-likeness (QED) is 0.235. The summed E-state index contributed by atoms with van der Waals surface area (Å²) in [7, 11) is 0. The molecule has 1 aliphatic heterocycles. The van der Waals surface area contributed by atoms with Crippen molar-refractivity contribution in [2.24, 2.45) is 5.92 Å². The molecule has 1 saturated heterocycles. The number of carbonyl (C=O) groups is 3. The van der Waals surface area contributed by atoms with E-state index in [1.165, 1.54) is 47.4 Å². The van der Waals surface area contributed by atoms with Crippen LogP contribution in [0.4, 0.5) is 14.9 Å². The van der Waals surface area contributed by atoms with Crippen LogP contribution in [0.5, 0.6) is 0 Å². The Balaban J connectivity index is 1.77. The van der Waals surface area contributed by atoms with Crippen molar-refractivity contribution >= 4 is 34.8 Å². The first kappa shape index (κ1) is 28.2. The monoisotopic (exact) mass is 570 g/mol. The van der Waals surface area contributed by atoms with E-state index in [9.17, 15) is 23.9 Å². The number of halogens is 1. The van der Waals surface area contributed by atoms with Crippen LogP contribution in [0.2, 0.25) is 0 Å². The lowest BCUT2D eigenvalue weighted by molar-refractivity contribution is -0.148. The van der Waals surface area contributed by atoms with Gasteiger partial charge in [0.1, 0.15) is 11.4 Å². The van der Waals surface area contributed by atoms with E-state index in [1.807, 2.05) is 44.4 Å². The van der Waals surface area contributed by atoms with Crippen molar-refractivity contribution in [1.29, 1.82) is 0 Å². The first-order valence-electron chi connectivity index (χ1n) is 13.3. The zero-order valence-electron chi connectivity index (χ0n) is 23.2. The van der Waals surface area contributed by atoms with Gasteiger partial charge < -0.3 is 10.4 Å². The summed E-state index contributed by atoms with van der Waals surface area (Å²) in [6.07, 6.45) is 0. The number of nitrogens with zero attached hydrogens (tertiary/aromatic N) is 1. The molecule has 5 rings (SSSR count). The predicted octanol–water partition coefficient (Wildman–Crippen LogP) is 7.53. The molecule has 0 aliphatic carbocycles. The number of carboxylic acids is 1. The van der Waals surface area contributed by atoms with Crippen LogP contribution in [0.3, 0.4) is 0 Å². The number of thiophene rings is 1. The first-order valence-corrected chi connectivity index (χ1v) is 14.2. The van der Waals surface area contributed by atoms with Crippen LogP contribution < -0.4 is 5.32 Å². The highest BCUT2D eigenvalue weighted by Gasteiger charge is 2.65. The third-order valence-electron chi connectivity index (χ3n) is 8.01. The van der Waals surface area contributed by atoms with Crippen LogP contribution in [-0.2, 0) is 4.79 Å². The van der Waals surface area contributed by atoms with Crippen molar-refractivity contribution in [3.63, 3.8) is 0 Å². The van der Waals surface area contributed by atoms with E-state index in [4.69, 9.17) is 0 Å².